The Morgan fingerprint density at radius 1 is 1.15 bits per heavy atom. The maximum Gasteiger partial charge on any atom is 0.121 e. The minimum absolute atomic E-state index is 0.124. The summed E-state index contributed by atoms with van der Waals surface area (Å²) in [7, 11) is 0. The Morgan fingerprint density at radius 2 is 1.95 bits per heavy atom. The number of rotatable bonds is 6. The van der Waals surface area contributed by atoms with Crippen LogP contribution in [0.2, 0.25) is 10.0 Å². The molecule has 0 aliphatic heterocycles. The predicted molar refractivity (Wildman–Crippen MR) is 84.7 cm³/mol. The number of hydrogen-bond donors (Lipinski definition) is 1. The summed E-state index contributed by atoms with van der Waals surface area (Å²) in [6.07, 6.45) is 1.68. The van der Waals surface area contributed by atoms with Gasteiger partial charge < -0.3 is 9.73 Å². The fraction of sp³-hybridized carbons (Fsp3) is 0.375. The lowest BCUT2D eigenvalue weighted by atomic mass is 10.0. The van der Waals surface area contributed by atoms with Crippen molar-refractivity contribution >= 4 is 23.2 Å². The van der Waals surface area contributed by atoms with Crippen molar-refractivity contribution in [2.24, 2.45) is 0 Å². The van der Waals surface area contributed by atoms with E-state index in [0.717, 1.165) is 36.5 Å². The smallest absolute Gasteiger partial charge is 0.121 e. The number of hydrogen-bond acceptors (Lipinski definition) is 2. The van der Waals surface area contributed by atoms with Crippen molar-refractivity contribution in [1.29, 1.82) is 0 Å². The van der Waals surface area contributed by atoms with Gasteiger partial charge in [-0.1, -0.05) is 43.1 Å². The van der Waals surface area contributed by atoms with E-state index >= 15 is 0 Å². The molecule has 0 bridgehead atoms. The van der Waals surface area contributed by atoms with Gasteiger partial charge >= 0.3 is 0 Å². The van der Waals surface area contributed by atoms with Gasteiger partial charge in [0, 0.05) is 16.5 Å². The van der Waals surface area contributed by atoms with Crippen LogP contribution in [-0.2, 0) is 12.8 Å². The maximum absolute atomic E-state index is 6.25. The Morgan fingerprint density at radius 3 is 2.55 bits per heavy atom. The van der Waals surface area contributed by atoms with Gasteiger partial charge in [-0.3, -0.25) is 0 Å². The van der Waals surface area contributed by atoms with Crippen LogP contribution in [0.5, 0.6) is 0 Å². The molecule has 20 heavy (non-hydrogen) atoms. The van der Waals surface area contributed by atoms with E-state index < -0.39 is 0 Å². The first-order chi connectivity index (χ1) is 9.63. The van der Waals surface area contributed by atoms with E-state index in [0.29, 0.717) is 10.0 Å². The first-order valence-corrected chi connectivity index (χ1v) is 7.65. The summed E-state index contributed by atoms with van der Waals surface area (Å²) in [5, 5.41) is 4.80. The number of aryl methyl sites for hydroxylation is 1. The van der Waals surface area contributed by atoms with E-state index in [-0.39, 0.29) is 6.04 Å². The number of benzene rings is 1. The normalized spacial score (nSPS) is 12.6. The SMILES string of the molecule is CCNC(Cc1ccc(Cl)cc1Cl)c1ccc(CC)o1. The quantitative estimate of drug-likeness (QED) is 0.808. The Kier molecular flexibility index (Phi) is 5.53. The van der Waals surface area contributed by atoms with E-state index in [1.165, 1.54) is 0 Å². The van der Waals surface area contributed by atoms with Gasteiger partial charge in [-0.25, -0.2) is 0 Å². The van der Waals surface area contributed by atoms with Crippen LogP contribution in [0.3, 0.4) is 0 Å². The highest BCUT2D eigenvalue weighted by molar-refractivity contribution is 6.35. The zero-order chi connectivity index (χ0) is 14.5. The van der Waals surface area contributed by atoms with Gasteiger partial charge in [-0.05, 0) is 42.8 Å². The Hall–Kier alpha value is -0.960. The molecule has 0 radical (unpaired) electrons. The average molecular weight is 312 g/mol. The van der Waals surface area contributed by atoms with E-state index in [1.54, 1.807) is 6.07 Å². The second-order valence-corrected chi connectivity index (χ2v) is 5.55. The molecule has 0 spiro atoms. The average Bonchev–Trinajstić information content (AvgIpc) is 2.90. The number of halogens is 2. The van der Waals surface area contributed by atoms with Crippen LogP contribution >= 0.6 is 23.2 Å². The van der Waals surface area contributed by atoms with Crippen LogP contribution < -0.4 is 5.32 Å². The molecule has 0 aliphatic rings. The van der Waals surface area contributed by atoms with Crippen LogP contribution in [0.4, 0.5) is 0 Å². The molecule has 0 amide bonds. The molecule has 1 atom stereocenters. The summed E-state index contributed by atoms with van der Waals surface area (Å²) in [5.74, 6) is 1.96. The second kappa shape index (κ2) is 7.16. The minimum Gasteiger partial charge on any atom is -0.464 e. The fourth-order valence-corrected chi connectivity index (χ4v) is 2.68. The van der Waals surface area contributed by atoms with Crippen molar-refractivity contribution < 1.29 is 4.42 Å². The van der Waals surface area contributed by atoms with Crippen LogP contribution in [0.1, 0.15) is 37.0 Å². The third-order valence-corrected chi connectivity index (χ3v) is 3.85. The van der Waals surface area contributed by atoms with Gasteiger partial charge in [0.2, 0.25) is 0 Å². The van der Waals surface area contributed by atoms with Gasteiger partial charge in [0.15, 0.2) is 0 Å². The number of nitrogens with one attached hydrogen (secondary N) is 1. The molecule has 1 heterocycles. The van der Waals surface area contributed by atoms with Crippen molar-refractivity contribution in [3.05, 3.63) is 57.5 Å². The fourth-order valence-electron chi connectivity index (χ4n) is 2.20. The molecule has 108 valence electrons. The number of furan rings is 1. The monoisotopic (exact) mass is 311 g/mol. The highest BCUT2D eigenvalue weighted by Gasteiger charge is 2.16. The topological polar surface area (TPSA) is 25.2 Å². The summed E-state index contributed by atoms with van der Waals surface area (Å²) < 4.78 is 5.85. The standard InChI is InChI=1S/C16H19Cl2NO/c1-3-13-7-8-16(20-13)15(19-4-2)9-11-5-6-12(17)10-14(11)18/h5-8,10,15,19H,3-4,9H2,1-2H3. The molecule has 2 aromatic rings. The maximum atomic E-state index is 6.25. The molecular weight excluding hydrogens is 293 g/mol. The van der Waals surface area contributed by atoms with Crippen LogP contribution in [-0.4, -0.2) is 6.54 Å². The van der Waals surface area contributed by atoms with Crippen LogP contribution in [0, 0.1) is 0 Å². The van der Waals surface area contributed by atoms with Crippen LogP contribution in [0.25, 0.3) is 0 Å². The van der Waals surface area contributed by atoms with Crippen molar-refractivity contribution in [2.75, 3.05) is 6.54 Å². The van der Waals surface area contributed by atoms with Gasteiger partial charge in [0.05, 0.1) is 6.04 Å². The second-order valence-electron chi connectivity index (χ2n) is 4.71. The number of likely N-dealkylation sites (N-methyl/N-ethyl adjacent to an activating group) is 1. The molecule has 0 saturated carbocycles. The molecule has 1 aromatic carbocycles. The summed E-state index contributed by atoms with van der Waals surface area (Å²) in [6.45, 7) is 5.04. The highest BCUT2D eigenvalue weighted by atomic mass is 35.5. The third-order valence-electron chi connectivity index (χ3n) is 3.26. The molecule has 0 saturated heterocycles. The molecule has 1 unspecified atom stereocenters. The lowest BCUT2D eigenvalue weighted by Crippen LogP contribution is -2.22. The van der Waals surface area contributed by atoms with Crippen LogP contribution in [0.15, 0.2) is 34.7 Å². The summed E-state index contributed by atoms with van der Waals surface area (Å²) >= 11 is 12.2. The molecule has 1 N–H and O–H groups in total. The molecule has 0 aliphatic carbocycles. The van der Waals surface area contributed by atoms with Gasteiger partial charge in [0.25, 0.3) is 0 Å². The lowest BCUT2D eigenvalue weighted by Gasteiger charge is -2.16. The molecule has 1 aromatic heterocycles. The predicted octanol–water partition coefficient (Wildman–Crippen LogP) is 5.04. The van der Waals surface area contributed by atoms with Gasteiger partial charge in [0.1, 0.15) is 11.5 Å². The minimum atomic E-state index is 0.124. The third kappa shape index (κ3) is 3.78. The summed E-state index contributed by atoms with van der Waals surface area (Å²) in [6, 6.07) is 9.81. The van der Waals surface area contributed by atoms with Gasteiger partial charge in [-0.15, -0.1) is 0 Å². The Labute approximate surface area is 130 Å². The van der Waals surface area contributed by atoms with Crippen molar-refractivity contribution in [1.82, 2.24) is 5.32 Å². The van der Waals surface area contributed by atoms with E-state index in [4.69, 9.17) is 27.6 Å². The van der Waals surface area contributed by atoms with E-state index in [1.807, 2.05) is 24.3 Å². The van der Waals surface area contributed by atoms with Crippen molar-refractivity contribution in [3.8, 4) is 0 Å². The molecule has 0 fully saturated rings. The zero-order valence-corrected chi connectivity index (χ0v) is 13.3. The summed E-state index contributed by atoms with van der Waals surface area (Å²) in [5.41, 5.74) is 1.07. The Bertz CT molecular complexity index is 565. The highest BCUT2D eigenvalue weighted by Crippen LogP contribution is 2.27. The van der Waals surface area contributed by atoms with Crippen molar-refractivity contribution in [3.63, 3.8) is 0 Å². The van der Waals surface area contributed by atoms with E-state index in [9.17, 15) is 0 Å². The lowest BCUT2D eigenvalue weighted by molar-refractivity contribution is 0.397. The molecule has 2 rings (SSSR count). The van der Waals surface area contributed by atoms with Crippen molar-refractivity contribution in [2.45, 2.75) is 32.7 Å². The first-order valence-electron chi connectivity index (χ1n) is 6.90. The summed E-state index contributed by atoms with van der Waals surface area (Å²) in [4.78, 5) is 0. The zero-order valence-electron chi connectivity index (χ0n) is 11.7. The Balaban J connectivity index is 2.20. The largest absolute Gasteiger partial charge is 0.464 e. The molecular formula is C16H19Cl2NO. The first kappa shape index (κ1) is 15.4. The molecule has 4 heteroatoms. The van der Waals surface area contributed by atoms with Gasteiger partial charge in [-0.2, -0.15) is 0 Å². The molecule has 2 nitrogen and oxygen atoms in total. The van der Waals surface area contributed by atoms with E-state index in [2.05, 4.69) is 19.2 Å².